The molecule has 1 fully saturated rings. The van der Waals surface area contributed by atoms with Crippen molar-refractivity contribution >= 4 is 22.7 Å². The maximum absolute atomic E-state index is 4.85. The number of hydrogen-bond donors (Lipinski definition) is 0. The normalized spacial score (nSPS) is 14.4. The van der Waals surface area contributed by atoms with Crippen LogP contribution in [0.4, 0.5) is 11.6 Å². The standard InChI is InChI=1S/C22H21N7/c1-16-22(25-20-5-3-2-4-19(20)24-16)29-14-12-28(13-15-29)21-7-6-18(26-27-21)17-8-10-23-11-9-17/h2-11H,12-15H2,1H3. The van der Waals surface area contributed by atoms with Crippen molar-refractivity contribution in [3.63, 3.8) is 0 Å². The van der Waals surface area contributed by atoms with Crippen molar-refractivity contribution in [3.8, 4) is 11.3 Å². The van der Waals surface area contributed by atoms with Crippen molar-refractivity contribution in [1.82, 2.24) is 25.1 Å². The predicted molar refractivity (Wildman–Crippen MR) is 114 cm³/mol. The van der Waals surface area contributed by atoms with Crippen LogP contribution in [0, 0.1) is 6.92 Å². The van der Waals surface area contributed by atoms with Crippen molar-refractivity contribution in [2.75, 3.05) is 36.0 Å². The molecule has 0 bridgehead atoms. The summed E-state index contributed by atoms with van der Waals surface area (Å²) in [4.78, 5) is 18.2. The van der Waals surface area contributed by atoms with Crippen LogP contribution in [0.1, 0.15) is 5.69 Å². The van der Waals surface area contributed by atoms with Gasteiger partial charge in [0.1, 0.15) is 0 Å². The van der Waals surface area contributed by atoms with Crippen LogP contribution in [-0.2, 0) is 0 Å². The molecule has 4 heterocycles. The molecule has 0 saturated carbocycles. The first kappa shape index (κ1) is 17.5. The summed E-state index contributed by atoms with van der Waals surface area (Å²) >= 11 is 0. The second-order valence-electron chi connectivity index (χ2n) is 7.11. The summed E-state index contributed by atoms with van der Waals surface area (Å²) in [5.74, 6) is 1.88. The van der Waals surface area contributed by atoms with E-state index < -0.39 is 0 Å². The van der Waals surface area contributed by atoms with Gasteiger partial charge in [0.2, 0.25) is 0 Å². The molecule has 5 rings (SSSR count). The minimum Gasteiger partial charge on any atom is -0.352 e. The van der Waals surface area contributed by atoms with E-state index in [4.69, 9.17) is 9.97 Å². The number of para-hydroxylation sites is 2. The highest BCUT2D eigenvalue weighted by Gasteiger charge is 2.21. The summed E-state index contributed by atoms with van der Waals surface area (Å²) in [6, 6.07) is 16.0. The van der Waals surface area contributed by atoms with Crippen LogP contribution < -0.4 is 9.80 Å². The molecule has 0 radical (unpaired) electrons. The summed E-state index contributed by atoms with van der Waals surface area (Å²) in [7, 11) is 0. The molecule has 7 heteroatoms. The average molecular weight is 383 g/mol. The zero-order chi connectivity index (χ0) is 19.6. The molecule has 0 aliphatic carbocycles. The second-order valence-corrected chi connectivity index (χ2v) is 7.11. The minimum atomic E-state index is 0.858. The summed E-state index contributed by atoms with van der Waals surface area (Å²) in [6.07, 6.45) is 3.53. The first-order valence-electron chi connectivity index (χ1n) is 9.75. The van der Waals surface area contributed by atoms with E-state index in [1.165, 1.54) is 0 Å². The second kappa shape index (κ2) is 7.43. The lowest BCUT2D eigenvalue weighted by Gasteiger charge is -2.36. The molecule has 1 aliphatic heterocycles. The van der Waals surface area contributed by atoms with Crippen LogP contribution in [0.3, 0.4) is 0 Å². The molecule has 0 spiro atoms. The van der Waals surface area contributed by atoms with Crippen molar-refractivity contribution < 1.29 is 0 Å². The number of anilines is 2. The first-order valence-corrected chi connectivity index (χ1v) is 9.75. The Balaban J connectivity index is 1.30. The number of hydrogen-bond acceptors (Lipinski definition) is 7. The third-order valence-corrected chi connectivity index (χ3v) is 5.25. The zero-order valence-electron chi connectivity index (χ0n) is 16.2. The molecule has 0 amide bonds. The molecule has 0 atom stereocenters. The molecule has 29 heavy (non-hydrogen) atoms. The van der Waals surface area contributed by atoms with Gasteiger partial charge in [-0.3, -0.25) is 4.98 Å². The van der Waals surface area contributed by atoms with E-state index in [0.29, 0.717) is 0 Å². The summed E-state index contributed by atoms with van der Waals surface area (Å²) in [6.45, 7) is 5.53. The minimum absolute atomic E-state index is 0.858. The number of nitrogens with zero attached hydrogens (tertiary/aromatic N) is 7. The van der Waals surface area contributed by atoms with Crippen molar-refractivity contribution in [2.45, 2.75) is 6.92 Å². The van der Waals surface area contributed by atoms with Crippen molar-refractivity contribution in [2.24, 2.45) is 0 Å². The van der Waals surface area contributed by atoms with Gasteiger partial charge in [0.25, 0.3) is 0 Å². The summed E-state index contributed by atoms with van der Waals surface area (Å²) in [5.41, 5.74) is 4.73. The quantitative estimate of drug-likeness (QED) is 0.538. The Morgan fingerprint density at radius 3 is 2.10 bits per heavy atom. The fourth-order valence-electron chi connectivity index (χ4n) is 3.70. The Morgan fingerprint density at radius 1 is 0.724 bits per heavy atom. The molecule has 4 aromatic rings. The molecule has 0 N–H and O–H groups in total. The fourth-order valence-corrected chi connectivity index (χ4v) is 3.70. The third-order valence-electron chi connectivity index (χ3n) is 5.25. The molecule has 1 saturated heterocycles. The Labute approximate surface area is 169 Å². The van der Waals surface area contributed by atoms with Crippen molar-refractivity contribution in [3.05, 3.63) is 66.6 Å². The zero-order valence-corrected chi connectivity index (χ0v) is 16.2. The van der Waals surface area contributed by atoms with Crippen LogP contribution >= 0.6 is 0 Å². The average Bonchev–Trinajstić information content (AvgIpc) is 2.79. The number of rotatable bonds is 3. The Kier molecular flexibility index (Phi) is 4.48. The molecule has 144 valence electrons. The summed E-state index contributed by atoms with van der Waals surface area (Å²) in [5, 5.41) is 8.84. The molecule has 1 aliphatic rings. The Morgan fingerprint density at radius 2 is 1.41 bits per heavy atom. The topological polar surface area (TPSA) is 70.9 Å². The van der Waals surface area contributed by atoms with Gasteiger partial charge in [0.15, 0.2) is 11.6 Å². The molecule has 7 nitrogen and oxygen atoms in total. The van der Waals surface area contributed by atoms with Gasteiger partial charge in [-0.2, -0.15) is 0 Å². The molecule has 0 unspecified atom stereocenters. The number of fused-ring (bicyclic) bond motifs is 1. The van der Waals surface area contributed by atoms with E-state index in [0.717, 1.165) is 65.8 Å². The van der Waals surface area contributed by atoms with Gasteiger partial charge in [-0.25, -0.2) is 9.97 Å². The van der Waals surface area contributed by atoms with Crippen LogP contribution in [0.5, 0.6) is 0 Å². The van der Waals surface area contributed by atoms with Gasteiger partial charge in [-0.15, -0.1) is 10.2 Å². The highest BCUT2D eigenvalue weighted by molar-refractivity contribution is 5.76. The van der Waals surface area contributed by atoms with E-state index in [1.54, 1.807) is 12.4 Å². The van der Waals surface area contributed by atoms with E-state index in [9.17, 15) is 0 Å². The summed E-state index contributed by atoms with van der Waals surface area (Å²) < 4.78 is 0. The smallest absolute Gasteiger partial charge is 0.151 e. The van der Waals surface area contributed by atoms with E-state index in [2.05, 4.69) is 25.0 Å². The van der Waals surface area contributed by atoms with Gasteiger partial charge in [0.05, 0.1) is 22.4 Å². The Hall–Kier alpha value is -3.61. The maximum atomic E-state index is 4.85. The molecule has 3 aromatic heterocycles. The highest BCUT2D eigenvalue weighted by Crippen LogP contribution is 2.23. The van der Waals surface area contributed by atoms with Crippen LogP contribution in [0.15, 0.2) is 60.9 Å². The molecule has 1 aromatic carbocycles. The largest absolute Gasteiger partial charge is 0.352 e. The number of aryl methyl sites for hydroxylation is 1. The van der Waals surface area contributed by atoms with E-state index in [1.807, 2.05) is 55.5 Å². The highest BCUT2D eigenvalue weighted by atomic mass is 15.3. The van der Waals surface area contributed by atoms with E-state index in [-0.39, 0.29) is 0 Å². The van der Waals surface area contributed by atoms with Gasteiger partial charge >= 0.3 is 0 Å². The maximum Gasteiger partial charge on any atom is 0.151 e. The fraction of sp³-hybridized carbons (Fsp3) is 0.227. The monoisotopic (exact) mass is 383 g/mol. The first-order chi connectivity index (χ1) is 14.3. The number of pyridine rings is 1. The van der Waals surface area contributed by atoms with Crippen LogP contribution in [0.2, 0.25) is 0 Å². The lowest BCUT2D eigenvalue weighted by Crippen LogP contribution is -2.47. The molecular weight excluding hydrogens is 362 g/mol. The van der Waals surface area contributed by atoms with Gasteiger partial charge < -0.3 is 9.80 Å². The molecular formula is C22H21N7. The number of aromatic nitrogens is 5. The lowest BCUT2D eigenvalue weighted by molar-refractivity contribution is 0.636. The lowest BCUT2D eigenvalue weighted by atomic mass is 10.2. The van der Waals surface area contributed by atoms with Crippen LogP contribution in [-0.4, -0.2) is 51.3 Å². The number of benzene rings is 1. The predicted octanol–water partition coefficient (Wildman–Crippen LogP) is 3.12. The van der Waals surface area contributed by atoms with E-state index >= 15 is 0 Å². The van der Waals surface area contributed by atoms with Gasteiger partial charge in [0, 0.05) is 44.1 Å². The third kappa shape index (κ3) is 3.47. The number of piperazine rings is 1. The SMILES string of the molecule is Cc1nc2ccccc2nc1N1CCN(c2ccc(-c3ccncc3)nn2)CC1. The van der Waals surface area contributed by atoms with Crippen molar-refractivity contribution in [1.29, 1.82) is 0 Å². The van der Waals surface area contributed by atoms with Crippen LogP contribution in [0.25, 0.3) is 22.3 Å². The Bertz CT molecular complexity index is 1120. The van der Waals surface area contributed by atoms with Gasteiger partial charge in [-0.05, 0) is 43.3 Å². The van der Waals surface area contributed by atoms with Gasteiger partial charge in [-0.1, -0.05) is 12.1 Å².